The number of carbonyl (C=O) groups excluding carboxylic acids is 1. The first-order valence-electron chi connectivity index (χ1n) is 7.48. The van der Waals surface area contributed by atoms with Crippen molar-refractivity contribution >= 4 is 28.8 Å². The summed E-state index contributed by atoms with van der Waals surface area (Å²) >= 11 is 5.93. The summed E-state index contributed by atoms with van der Waals surface area (Å²) in [5.41, 5.74) is 4.15. The molecule has 4 heteroatoms. The molecule has 1 unspecified atom stereocenters. The number of nitrogens with one attached hydrogen (secondary N) is 1. The van der Waals surface area contributed by atoms with Crippen LogP contribution in [0.1, 0.15) is 22.7 Å². The highest BCUT2D eigenvalue weighted by atomic mass is 35.5. The van der Waals surface area contributed by atoms with Crippen molar-refractivity contribution in [3.05, 3.63) is 64.3 Å². The number of H-pyrrole nitrogens is 1. The summed E-state index contributed by atoms with van der Waals surface area (Å²) in [6.07, 6.45) is 1.66. The smallest absolute Gasteiger partial charge is 0.127 e. The lowest BCUT2D eigenvalue weighted by molar-refractivity contribution is -0.109. The molecule has 0 aliphatic carbocycles. The summed E-state index contributed by atoms with van der Waals surface area (Å²) in [5.74, 6) is 0.575. The molecule has 0 amide bonds. The molecule has 3 nitrogen and oxygen atoms in total. The minimum Gasteiger partial charge on any atom is -0.497 e. The summed E-state index contributed by atoms with van der Waals surface area (Å²) in [5, 5.41) is 1.73. The van der Waals surface area contributed by atoms with Gasteiger partial charge in [0.1, 0.15) is 12.0 Å². The zero-order chi connectivity index (χ0) is 16.4. The SMILES string of the molecule is COc1ccc2[nH]c(C)c(C(C=O)Cc3ccc(Cl)cc3)c2c1. The molecular weight excluding hydrogens is 310 g/mol. The third-order valence-electron chi connectivity index (χ3n) is 4.15. The normalized spacial score (nSPS) is 12.3. The van der Waals surface area contributed by atoms with E-state index < -0.39 is 0 Å². The molecule has 1 aromatic heterocycles. The number of benzene rings is 2. The van der Waals surface area contributed by atoms with Gasteiger partial charge in [0.2, 0.25) is 0 Å². The predicted molar refractivity (Wildman–Crippen MR) is 93.5 cm³/mol. The van der Waals surface area contributed by atoms with Crippen LogP contribution >= 0.6 is 11.6 Å². The highest BCUT2D eigenvalue weighted by molar-refractivity contribution is 6.30. The lowest BCUT2D eigenvalue weighted by atomic mass is 9.91. The number of aryl methyl sites for hydroxylation is 1. The molecular formula is C19H18ClNO2. The zero-order valence-electron chi connectivity index (χ0n) is 13.1. The van der Waals surface area contributed by atoms with Crippen molar-refractivity contribution in [2.45, 2.75) is 19.3 Å². The molecule has 23 heavy (non-hydrogen) atoms. The number of fused-ring (bicyclic) bond motifs is 1. The van der Waals surface area contributed by atoms with E-state index in [1.54, 1.807) is 7.11 Å². The van der Waals surface area contributed by atoms with Crippen molar-refractivity contribution in [1.29, 1.82) is 0 Å². The van der Waals surface area contributed by atoms with Crippen molar-refractivity contribution in [1.82, 2.24) is 4.98 Å². The van der Waals surface area contributed by atoms with Crippen LogP contribution in [0.4, 0.5) is 0 Å². The molecule has 3 aromatic rings. The van der Waals surface area contributed by atoms with Crippen LogP contribution in [0, 0.1) is 6.92 Å². The molecule has 2 aromatic carbocycles. The summed E-state index contributed by atoms with van der Waals surface area (Å²) < 4.78 is 5.31. The Hall–Kier alpha value is -2.26. The van der Waals surface area contributed by atoms with Crippen LogP contribution < -0.4 is 4.74 Å². The molecule has 0 saturated carbocycles. The van der Waals surface area contributed by atoms with E-state index in [2.05, 4.69) is 4.98 Å². The fourth-order valence-corrected chi connectivity index (χ4v) is 3.15. The average molecular weight is 328 g/mol. The number of halogens is 1. The lowest BCUT2D eigenvalue weighted by Gasteiger charge is -2.12. The maximum absolute atomic E-state index is 11.8. The Labute approximate surface area is 140 Å². The molecule has 0 aliphatic heterocycles. The molecule has 118 valence electrons. The van der Waals surface area contributed by atoms with Gasteiger partial charge in [-0.25, -0.2) is 0 Å². The van der Waals surface area contributed by atoms with Crippen molar-refractivity contribution in [2.75, 3.05) is 7.11 Å². The number of methoxy groups -OCH3 is 1. The molecule has 0 spiro atoms. The molecule has 0 radical (unpaired) electrons. The number of aromatic amines is 1. The fraction of sp³-hybridized carbons (Fsp3) is 0.211. The van der Waals surface area contributed by atoms with E-state index in [0.29, 0.717) is 11.4 Å². The minimum absolute atomic E-state index is 0.211. The number of carbonyl (C=O) groups is 1. The summed E-state index contributed by atoms with van der Waals surface area (Å²) in [6.45, 7) is 2.00. The maximum atomic E-state index is 11.8. The molecule has 0 saturated heterocycles. The molecule has 0 bridgehead atoms. The van der Waals surface area contributed by atoms with E-state index in [0.717, 1.165) is 39.8 Å². The van der Waals surface area contributed by atoms with Crippen LogP contribution in [-0.2, 0) is 11.2 Å². The monoisotopic (exact) mass is 327 g/mol. The van der Waals surface area contributed by atoms with Crippen LogP contribution in [0.5, 0.6) is 5.75 Å². The molecule has 1 N–H and O–H groups in total. The average Bonchev–Trinajstić information content (AvgIpc) is 2.89. The van der Waals surface area contributed by atoms with Gasteiger partial charge in [-0.05, 0) is 54.8 Å². The van der Waals surface area contributed by atoms with Gasteiger partial charge in [0.15, 0.2) is 0 Å². The van der Waals surface area contributed by atoms with E-state index in [1.165, 1.54) is 0 Å². The van der Waals surface area contributed by atoms with Gasteiger partial charge in [-0.1, -0.05) is 23.7 Å². The number of ether oxygens (including phenoxy) is 1. The van der Waals surface area contributed by atoms with Crippen molar-refractivity contribution in [3.8, 4) is 5.75 Å². The van der Waals surface area contributed by atoms with Gasteiger partial charge in [0, 0.05) is 27.5 Å². The van der Waals surface area contributed by atoms with Crippen LogP contribution in [0.3, 0.4) is 0 Å². The first kappa shape index (κ1) is 15.6. The van der Waals surface area contributed by atoms with Gasteiger partial charge < -0.3 is 14.5 Å². The molecule has 0 aliphatic rings. The Morgan fingerprint density at radius 1 is 1.22 bits per heavy atom. The Morgan fingerprint density at radius 3 is 2.61 bits per heavy atom. The van der Waals surface area contributed by atoms with Gasteiger partial charge in [0.25, 0.3) is 0 Å². The van der Waals surface area contributed by atoms with Crippen LogP contribution in [-0.4, -0.2) is 18.4 Å². The molecule has 0 fully saturated rings. The Kier molecular flexibility index (Phi) is 4.39. The first-order chi connectivity index (χ1) is 11.1. The molecule has 3 rings (SSSR count). The lowest BCUT2D eigenvalue weighted by Crippen LogP contribution is -2.05. The second-order valence-corrected chi connectivity index (χ2v) is 6.08. The number of hydrogen-bond donors (Lipinski definition) is 1. The van der Waals surface area contributed by atoms with Gasteiger partial charge in [-0.2, -0.15) is 0 Å². The highest BCUT2D eigenvalue weighted by Crippen LogP contribution is 2.32. The van der Waals surface area contributed by atoms with Gasteiger partial charge in [-0.3, -0.25) is 0 Å². The van der Waals surface area contributed by atoms with E-state index in [4.69, 9.17) is 16.3 Å². The van der Waals surface area contributed by atoms with Crippen LogP contribution in [0.25, 0.3) is 10.9 Å². The number of rotatable bonds is 5. The molecule has 1 atom stereocenters. The number of aromatic nitrogens is 1. The topological polar surface area (TPSA) is 42.1 Å². The summed E-state index contributed by atoms with van der Waals surface area (Å²) in [7, 11) is 1.64. The van der Waals surface area contributed by atoms with Crippen molar-refractivity contribution in [2.24, 2.45) is 0 Å². The minimum atomic E-state index is -0.211. The van der Waals surface area contributed by atoms with E-state index in [1.807, 2.05) is 49.4 Å². The summed E-state index contributed by atoms with van der Waals surface area (Å²) in [4.78, 5) is 15.1. The standard InChI is InChI=1S/C19H18ClNO2/c1-12-19(17-10-16(23-2)7-8-18(17)21-12)14(11-22)9-13-3-5-15(20)6-4-13/h3-8,10-11,14,21H,9H2,1-2H3. The second-order valence-electron chi connectivity index (χ2n) is 5.65. The zero-order valence-corrected chi connectivity index (χ0v) is 13.9. The molecule has 1 heterocycles. The van der Waals surface area contributed by atoms with Crippen LogP contribution in [0.2, 0.25) is 5.02 Å². The first-order valence-corrected chi connectivity index (χ1v) is 7.86. The number of hydrogen-bond acceptors (Lipinski definition) is 2. The van der Waals surface area contributed by atoms with Gasteiger partial charge in [0.05, 0.1) is 7.11 Å². The Bertz CT molecular complexity index is 836. The van der Waals surface area contributed by atoms with Gasteiger partial charge in [-0.15, -0.1) is 0 Å². The van der Waals surface area contributed by atoms with Crippen molar-refractivity contribution < 1.29 is 9.53 Å². The largest absolute Gasteiger partial charge is 0.497 e. The Morgan fingerprint density at radius 2 is 1.96 bits per heavy atom. The third kappa shape index (κ3) is 3.10. The van der Waals surface area contributed by atoms with Crippen LogP contribution in [0.15, 0.2) is 42.5 Å². The quantitative estimate of drug-likeness (QED) is 0.692. The van der Waals surface area contributed by atoms with E-state index in [9.17, 15) is 4.79 Å². The Balaban J connectivity index is 2.03. The van der Waals surface area contributed by atoms with E-state index in [-0.39, 0.29) is 5.92 Å². The number of aldehydes is 1. The summed E-state index contributed by atoms with van der Waals surface area (Å²) in [6, 6.07) is 13.5. The highest BCUT2D eigenvalue weighted by Gasteiger charge is 2.19. The predicted octanol–water partition coefficient (Wildman–Crippen LogP) is 4.66. The van der Waals surface area contributed by atoms with Crippen molar-refractivity contribution in [3.63, 3.8) is 0 Å². The van der Waals surface area contributed by atoms with E-state index >= 15 is 0 Å². The third-order valence-corrected chi connectivity index (χ3v) is 4.40. The fourth-order valence-electron chi connectivity index (χ4n) is 3.02. The maximum Gasteiger partial charge on any atom is 0.127 e. The second kappa shape index (κ2) is 6.47. The van der Waals surface area contributed by atoms with Gasteiger partial charge >= 0.3 is 0 Å².